The van der Waals surface area contributed by atoms with Gasteiger partial charge >= 0.3 is 5.97 Å². The Labute approximate surface area is 137 Å². The van der Waals surface area contributed by atoms with Crippen molar-refractivity contribution in [2.75, 3.05) is 25.4 Å². The summed E-state index contributed by atoms with van der Waals surface area (Å²) in [4.78, 5) is 29.5. The molecule has 0 aliphatic heterocycles. The third-order valence-electron chi connectivity index (χ3n) is 2.74. The van der Waals surface area contributed by atoms with E-state index >= 15 is 0 Å². The molecule has 1 heterocycles. The van der Waals surface area contributed by atoms with Crippen molar-refractivity contribution in [1.29, 1.82) is 0 Å². The molecule has 1 aromatic heterocycles. The van der Waals surface area contributed by atoms with Gasteiger partial charge in [0.2, 0.25) is 5.91 Å². The van der Waals surface area contributed by atoms with Gasteiger partial charge in [0.25, 0.3) is 0 Å². The fourth-order valence-electron chi connectivity index (χ4n) is 1.87. The molecule has 6 nitrogen and oxygen atoms in total. The molecule has 2 N–H and O–H groups in total. The van der Waals surface area contributed by atoms with Crippen LogP contribution in [0, 0.1) is 5.92 Å². The summed E-state index contributed by atoms with van der Waals surface area (Å²) in [5.74, 6) is -0.270. The number of hydrogen-bond acceptors (Lipinski definition) is 5. The molecule has 0 saturated heterocycles. The number of esters is 1. The number of nitrogens with two attached hydrogens (primary N) is 1. The summed E-state index contributed by atoms with van der Waals surface area (Å²) in [6.07, 6.45) is 1.66. The normalized spacial score (nSPS) is 10.0. The van der Waals surface area contributed by atoms with Gasteiger partial charge in [-0.05, 0) is 25.0 Å². The zero-order chi connectivity index (χ0) is 15.8. The zero-order valence-corrected chi connectivity index (χ0v) is 14.1. The first-order valence-electron chi connectivity index (χ1n) is 7.06. The van der Waals surface area contributed by atoms with E-state index in [1.165, 1.54) is 11.1 Å². The first-order chi connectivity index (χ1) is 9.92. The monoisotopic (exact) mass is 329 g/mol. The van der Waals surface area contributed by atoms with Crippen molar-refractivity contribution in [3.63, 3.8) is 0 Å². The number of rotatable bonds is 7. The van der Waals surface area contributed by atoms with E-state index in [1.807, 2.05) is 13.8 Å². The van der Waals surface area contributed by atoms with Crippen LogP contribution in [-0.4, -0.2) is 41.5 Å². The Morgan fingerprint density at radius 3 is 2.55 bits per heavy atom. The Morgan fingerprint density at radius 1 is 1.36 bits per heavy atom. The molecule has 1 amide bonds. The Hall–Kier alpha value is -1.82. The van der Waals surface area contributed by atoms with E-state index in [2.05, 4.69) is 4.98 Å². The zero-order valence-electron chi connectivity index (χ0n) is 13.2. The Morgan fingerprint density at radius 2 is 2.05 bits per heavy atom. The average molecular weight is 330 g/mol. The lowest BCUT2D eigenvalue weighted by molar-refractivity contribution is -0.149. The molecule has 0 aliphatic rings. The summed E-state index contributed by atoms with van der Waals surface area (Å²) >= 11 is 0. The highest BCUT2D eigenvalue weighted by atomic mass is 35.5. The van der Waals surface area contributed by atoms with Gasteiger partial charge in [-0.15, -0.1) is 12.4 Å². The van der Waals surface area contributed by atoms with Gasteiger partial charge in [-0.1, -0.05) is 13.8 Å². The topological polar surface area (TPSA) is 85.5 Å². The molecule has 0 bridgehead atoms. The van der Waals surface area contributed by atoms with Gasteiger partial charge in [0.1, 0.15) is 6.54 Å². The minimum Gasteiger partial charge on any atom is -0.465 e. The molecule has 22 heavy (non-hydrogen) atoms. The molecule has 7 heteroatoms. The Kier molecular flexibility index (Phi) is 9.17. The van der Waals surface area contributed by atoms with E-state index in [1.54, 1.807) is 19.1 Å². The fourth-order valence-corrected chi connectivity index (χ4v) is 1.87. The van der Waals surface area contributed by atoms with Crippen molar-refractivity contribution in [2.24, 2.45) is 5.92 Å². The van der Waals surface area contributed by atoms with Gasteiger partial charge in [-0.25, -0.2) is 0 Å². The maximum absolute atomic E-state index is 12.3. The van der Waals surface area contributed by atoms with E-state index in [0.717, 1.165) is 0 Å². The molecule has 1 rings (SSSR count). The number of pyridine rings is 1. The third-order valence-corrected chi connectivity index (χ3v) is 2.74. The van der Waals surface area contributed by atoms with Crippen molar-refractivity contribution >= 4 is 30.0 Å². The highest BCUT2D eigenvalue weighted by molar-refractivity contribution is 5.85. The lowest BCUT2D eigenvalue weighted by Crippen LogP contribution is -2.39. The van der Waals surface area contributed by atoms with Gasteiger partial charge in [0, 0.05) is 12.2 Å². The van der Waals surface area contributed by atoms with Crippen molar-refractivity contribution < 1.29 is 14.3 Å². The van der Waals surface area contributed by atoms with Crippen molar-refractivity contribution in [1.82, 2.24) is 9.88 Å². The molecule has 124 valence electrons. The first-order valence-corrected chi connectivity index (χ1v) is 7.06. The van der Waals surface area contributed by atoms with Crippen LogP contribution in [0.4, 0.5) is 5.69 Å². The molecule has 0 aliphatic carbocycles. The summed E-state index contributed by atoms with van der Waals surface area (Å²) in [6, 6.07) is 3.42. The van der Waals surface area contributed by atoms with Crippen LogP contribution < -0.4 is 5.73 Å². The number of aromatic nitrogens is 1. The van der Waals surface area contributed by atoms with E-state index in [9.17, 15) is 9.59 Å². The third kappa shape index (κ3) is 7.26. The number of halogens is 1. The van der Waals surface area contributed by atoms with E-state index < -0.39 is 5.97 Å². The lowest BCUT2D eigenvalue weighted by Gasteiger charge is -2.23. The number of nitrogen functional groups attached to an aromatic ring is 1. The molecule has 0 fully saturated rings. The molecule has 1 aromatic rings. The molecular formula is C15H24ClN3O3. The van der Waals surface area contributed by atoms with Crippen LogP contribution in [0.25, 0.3) is 0 Å². The second-order valence-corrected chi connectivity index (χ2v) is 5.23. The van der Waals surface area contributed by atoms with Gasteiger partial charge in [-0.2, -0.15) is 0 Å². The standard InChI is InChI=1S/C15H23N3O3.ClH/c1-4-21-15(20)10-18(9-11(2)3)14(19)7-13-6-5-12(16)8-17-13;/h5-6,8,11H,4,7,9-10,16H2,1-3H3;1H. The van der Waals surface area contributed by atoms with E-state index in [-0.39, 0.29) is 37.2 Å². The highest BCUT2D eigenvalue weighted by Crippen LogP contribution is 2.06. The largest absolute Gasteiger partial charge is 0.465 e. The molecule has 0 aromatic carbocycles. The van der Waals surface area contributed by atoms with Crippen molar-refractivity contribution in [2.45, 2.75) is 27.2 Å². The molecule has 0 unspecified atom stereocenters. The van der Waals surface area contributed by atoms with Gasteiger partial charge in [-0.3, -0.25) is 14.6 Å². The Balaban J connectivity index is 0.00000441. The number of ether oxygens (including phenoxy) is 1. The van der Waals surface area contributed by atoms with Crippen LogP contribution >= 0.6 is 12.4 Å². The maximum atomic E-state index is 12.3. The number of carbonyl (C=O) groups is 2. The van der Waals surface area contributed by atoms with E-state index in [4.69, 9.17) is 10.5 Å². The van der Waals surface area contributed by atoms with Crippen LogP contribution in [0.1, 0.15) is 26.5 Å². The van der Waals surface area contributed by atoms with E-state index in [0.29, 0.717) is 24.5 Å². The fraction of sp³-hybridized carbons (Fsp3) is 0.533. The van der Waals surface area contributed by atoms with Crippen molar-refractivity contribution in [3.05, 3.63) is 24.0 Å². The summed E-state index contributed by atoms with van der Waals surface area (Å²) in [5, 5.41) is 0. The predicted molar refractivity (Wildman–Crippen MR) is 87.7 cm³/mol. The van der Waals surface area contributed by atoms with Crippen LogP contribution in [0.15, 0.2) is 18.3 Å². The first kappa shape index (κ1) is 20.2. The van der Waals surface area contributed by atoms with Crippen LogP contribution in [0.2, 0.25) is 0 Å². The molecule has 0 atom stereocenters. The van der Waals surface area contributed by atoms with Gasteiger partial charge in [0.15, 0.2) is 0 Å². The summed E-state index contributed by atoms with van der Waals surface area (Å²) in [6.45, 7) is 6.51. The number of nitrogens with zero attached hydrogens (tertiary/aromatic N) is 2. The summed E-state index contributed by atoms with van der Waals surface area (Å²) in [7, 11) is 0. The molecule has 0 radical (unpaired) electrons. The minimum atomic E-state index is -0.392. The number of anilines is 1. The number of amides is 1. The van der Waals surface area contributed by atoms with Crippen LogP contribution in [0.3, 0.4) is 0 Å². The number of hydrogen-bond donors (Lipinski definition) is 1. The smallest absolute Gasteiger partial charge is 0.325 e. The lowest BCUT2D eigenvalue weighted by atomic mass is 10.2. The highest BCUT2D eigenvalue weighted by Gasteiger charge is 2.19. The summed E-state index contributed by atoms with van der Waals surface area (Å²) < 4.78 is 4.91. The molecular weight excluding hydrogens is 306 g/mol. The second-order valence-electron chi connectivity index (χ2n) is 5.23. The minimum absolute atomic E-state index is 0. The molecule has 0 spiro atoms. The Bertz CT molecular complexity index is 477. The SMILES string of the molecule is CCOC(=O)CN(CC(C)C)C(=O)Cc1ccc(N)cn1.Cl. The van der Waals surface area contributed by atoms with Crippen LogP contribution in [0.5, 0.6) is 0 Å². The predicted octanol–water partition coefficient (Wildman–Crippen LogP) is 1.68. The van der Waals surface area contributed by atoms with Crippen molar-refractivity contribution in [3.8, 4) is 0 Å². The molecule has 0 saturated carbocycles. The second kappa shape index (κ2) is 10.00. The van der Waals surface area contributed by atoms with Crippen LogP contribution in [-0.2, 0) is 20.7 Å². The van der Waals surface area contributed by atoms with Gasteiger partial charge < -0.3 is 15.4 Å². The maximum Gasteiger partial charge on any atom is 0.325 e. The number of carbonyl (C=O) groups excluding carboxylic acids is 2. The average Bonchev–Trinajstić information content (AvgIpc) is 2.40. The summed E-state index contributed by atoms with van der Waals surface area (Å²) in [5.41, 5.74) is 6.75. The quantitative estimate of drug-likeness (QED) is 0.769. The van der Waals surface area contributed by atoms with Gasteiger partial charge in [0.05, 0.1) is 24.9 Å².